The van der Waals surface area contributed by atoms with E-state index in [1.165, 1.54) is 0 Å². The van der Waals surface area contributed by atoms with Crippen molar-refractivity contribution in [2.24, 2.45) is 0 Å². The molecule has 148 valence electrons. The summed E-state index contributed by atoms with van der Waals surface area (Å²) in [5.41, 5.74) is 0.422. The Morgan fingerprint density at radius 1 is 1.42 bits per heavy atom. The quantitative estimate of drug-likeness (QED) is 0.779. The third-order valence-corrected chi connectivity index (χ3v) is 6.89. The van der Waals surface area contributed by atoms with Crippen LogP contribution in [0.5, 0.6) is 0 Å². The zero-order chi connectivity index (χ0) is 17.9. The minimum Gasteiger partial charge on any atom is -0.333 e. The van der Waals surface area contributed by atoms with Crippen molar-refractivity contribution in [3.05, 3.63) is 18.0 Å². The van der Waals surface area contributed by atoms with Crippen LogP contribution in [-0.2, 0) is 9.84 Å². The smallest absolute Gasteiger partial charge is 0.274 e. The first-order chi connectivity index (χ1) is 12.0. The summed E-state index contributed by atoms with van der Waals surface area (Å²) in [7, 11) is -3.02. The van der Waals surface area contributed by atoms with Crippen molar-refractivity contribution in [2.45, 2.75) is 51.1 Å². The molecule has 2 aliphatic rings. The monoisotopic (exact) mass is 404 g/mol. The van der Waals surface area contributed by atoms with Crippen molar-refractivity contribution < 1.29 is 13.2 Å². The number of piperidine rings is 1. The Hall–Kier alpha value is -1.12. The van der Waals surface area contributed by atoms with Gasteiger partial charge < -0.3 is 10.2 Å². The first-order valence-electron chi connectivity index (χ1n) is 9.27. The Bertz CT molecular complexity index is 701. The second-order valence-electron chi connectivity index (χ2n) is 7.09. The molecule has 0 saturated carbocycles. The zero-order valence-electron chi connectivity index (χ0n) is 15.3. The van der Waals surface area contributed by atoms with Crippen molar-refractivity contribution in [3.63, 3.8) is 0 Å². The molecule has 26 heavy (non-hydrogen) atoms. The molecule has 7 nitrogen and oxygen atoms in total. The van der Waals surface area contributed by atoms with Gasteiger partial charge in [0.15, 0.2) is 9.84 Å². The topological polar surface area (TPSA) is 84.3 Å². The van der Waals surface area contributed by atoms with Crippen LogP contribution in [0.2, 0.25) is 0 Å². The summed E-state index contributed by atoms with van der Waals surface area (Å²) < 4.78 is 25.5. The van der Waals surface area contributed by atoms with Crippen LogP contribution < -0.4 is 5.32 Å². The molecular formula is C17H29ClN4O3S. The molecule has 2 saturated heterocycles. The SMILES string of the molecule is CCCCN(C(=O)c1ccn(C2CCCNC2)n1)C1CCS(=O)(=O)C1.Cl. The van der Waals surface area contributed by atoms with E-state index >= 15 is 0 Å². The van der Waals surface area contributed by atoms with Crippen molar-refractivity contribution in [2.75, 3.05) is 31.1 Å². The maximum absolute atomic E-state index is 13.0. The Morgan fingerprint density at radius 2 is 2.23 bits per heavy atom. The first kappa shape index (κ1) is 21.2. The van der Waals surface area contributed by atoms with Crippen LogP contribution in [0.15, 0.2) is 12.3 Å². The number of hydrogen-bond donors (Lipinski definition) is 1. The van der Waals surface area contributed by atoms with Crippen LogP contribution >= 0.6 is 12.4 Å². The van der Waals surface area contributed by atoms with Crippen molar-refractivity contribution >= 4 is 28.2 Å². The molecule has 2 aliphatic heterocycles. The van der Waals surface area contributed by atoms with E-state index in [9.17, 15) is 13.2 Å². The minimum absolute atomic E-state index is 0. The summed E-state index contributed by atoms with van der Waals surface area (Å²) in [5.74, 6) is 0.115. The molecule has 0 aromatic carbocycles. The fraction of sp³-hybridized carbons (Fsp3) is 0.765. The second kappa shape index (κ2) is 9.19. The number of rotatable bonds is 6. The fourth-order valence-corrected chi connectivity index (χ4v) is 5.39. The standard InChI is InChI=1S/C17H28N4O3S.ClH/c1-2-3-9-20(15-7-11-25(23,24)13-15)17(22)16-6-10-21(19-16)14-5-4-8-18-12-14;/h6,10,14-15,18H,2-5,7-9,11-13H2,1H3;1H. The van der Waals surface area contributed by atoms with E-state index in [2.05, 4.69) is 17.3 Å². The molecule has 0 radical (unpaired) electrons. The molecule has 1 amide bonds. The van der Waals surface area contributed by atoms with Crippen LogP contribution in [0.25, 0.3) is 0 Å². The molecule has 2 atom stereocenters. The van der Waals surface area contributed by atoms with Crippen LogP contribution in [-0.4, -0.2) is 66.2 Å². The number of carbonyl (C=O) groups is 1. The van der Waals surface area contributed by atoms with Crippen LogP contribution in [0, 0.1) is 0 Å². The number of aromatic nitrogens is 2. The molecule has 1 N–H and O–H groups in total. The number of nitrogens with zero attached hydrogens (tertiary/aromatic N) is 3. The highest BCUT2D eigenvalue weighted by Gasteiger charge is 2.35. The third kappa shape index (κ3) is 4.98. The molecule has 2 fully saturated rings. The van der Waals surface area contributed by atoms with Gasteiger partial charge >= 0.3 is 0 Å². The van der Waals surface area contributed by atoms with Gasteiger partial charge in [0.05, 0.1) is 17.5 Å². The third-order valence-electron chi connectivity index (χ3n) is 5.14. The van der Waals surface area contributed by atoms with E-state index in [0.29, 0.717) is 18.7 Å². The molecule has 2 unspecified atom stereocenters. The molecule has 0 spiro atoms. The Balaban J connectivity index is 0.00000243. The number of hydrogen-bond acceptors (Lipinski definition) is 5. The van der Waals surface area contributed by atoms with Crippen LogP contribution in [0.1, 0.15) is 55.6 Å². The average molecular weight is 405 g/mol. The van der Waals surface area contributed by atoms with Gasteiger partial charge in [0.25, 0.3) is 5.91 Å². The van der Waals surface area contributed by atoms with Gasteiger partial charge in [-0.25, -0.2) is 8.42 Å². The van der Waals surface area contributed by atoms with Gasteiger partial charge in [-0.15, -0.1) is 12.4 Å². The second-order valence-corrected chi connectivity index (χ2v) is 9.32. The van der Waals surface area contributed by atoms with E-state index < -0.39 is 9.84 Å². The van der Waals surface area contributed by atoms with Gasteiger partial charge in [0, 0.05) is 25.3 Å². The fourth-order valence-electron chi connectivity index (χ4n) is 3.66. The summed E-state index contributed by atoms with van der Waals surface area (Å²) in [6, 6.07) is 1.83. The molecule has 3 rings (SSSR count). The van der Waals surface area contributed by atoms with E-state index in [4.69, 9.17) is 0 Å². The molecule has 1 aromatic heterocycles. The predicted octanol–water partition coefficient (Wildman–Crippen LogP) is 1.66. The summed E-state index contributed by atoms with van der Waals surface area (Å²) >= 11 is 0. The number of halogens is 1. The van der Waals surface area contributed by atoms with Gasteiger partial charge in [-0.1, -0.05) is 13.3 Å². The van der Waals surface area contributed by atoms with Crippen molar-refractivity contribution in [1.29, 1.82) is 0 Å². The molecule has 0 bridgehead atoms. The first-order valence-corrected chi connectivity index (χ1v) is 11.1. The summed E-state index contributed by atoms with van der Waals surface area (Å²) in [6.45, 7) is 4.56. The summed E-state index contributed by atoms with van der Waals surface area (Å²) in [6.07, 6.45) is 6.40. The highest BCUT2D eigenvalue weighted by Crippen LogP contribution is 2.21. The average Bonchev–Trinajstić information content (AvgIpc) is 3.23. The summed E-state index contributed by atoms with van der Waals surface area (Å²) in [4.78, 5) is 14.7. The van der Waals surface area contributed by atoms with Gasteiger partial charge in [0.1, 0.15) is 5.69 Å². The highest BCUT2D eigenvalue weighted by atomic mass is 35.5. The Kier molecular flexibility index (Phi) is 7.49. The van der Waals surface area contributed by atoms with Gasteiger partial charge in [-0.2, -0.15) is 5.10 Å². The predicted molar refractivity (Wildman–Crippen MR) is 104 cm³/mol. The Morgan fingerprint density at radius 3 is 2.85 bits per heavy atom. The van der Waals surface area contributed by atoms with Gasteiger partial charge in [-0.05, 0) is 38.3 Å². The van der Waals surface area contributed by atoms with E-state index in [0.717, 1.165) is 38.8 Å². The highest BCUT2D eigenvalue weighted by molar-refractivity contribution is 7.91. The maximum atomic E-state index is 13.0. The molecule has 1 aromatic rings. The lowest BCUT2D eigenvalue weighted by Gasteiger charge is -2.27. The normalized spacial score (nSPS) is 24.8. The van der Waals surface area contributed by atoms with Crippen LogP contribution in [0.4, 0.5) is 0 Å². The number of nitrogens with one attached hydrogen (secondary N) is 1. The van der Waals surface area contributed by atoms with Crippen molar-refractivity contribution in [3.8, 4) is 0 Å². The summed E-state index contributed by atoms with van der Waals surface area (Å²) in [5, 5.41) is 7.86. The number of unbranched alkanes of at least 4 members (excludes halogenated alkanes) is 1. The van der Waals surface area contributed by atoms with Crippen LogP contribution in [0.3, 0.4) is 0 Å². The van der Waals surface area contributed by atoms with E-state index in [-0.39, 0.29) is 41.9 Å². The minimum atomic E-state index is -3.02. The number of sulfone groups is 1. The lowest BCUT2D eigenvalue weighted by molar-refractivity contribution is 0.0686. The molecule has 3 heterocycles. The lowest BCUT2D eigenvalue weighted by atomic mass is 10.1. The lowest BCUT2D eigenvalue weighted by Crippen LogP contribution is -2.42. The maximum Gasteiger partial charge on any atom is 0.274 e. The van der Waals surface area contributed by atoms with Crippen molar-refractivity contribution in [1.82, 2.24) is 20.0 Å². The largest absolute Gasteiger partial charge is 0.333 e. The van der Waals surface area contributed by atoms with Gasteiger partial charge in [-0.3, -0.25) is 9.48 Å². The Labute approximate surface area is 161 Å². The van der Waals surface area contributed by atoms with E-state index in [1.54, 1.807) is 11.0 Å². The van der Waals surface area contributed by atoms with E-state index in [1.807, 2.05) is 10.9 Å². The molecule has 9 heteroatoms. The molecule has 0 aliphatic carbocycles. The molecular weight excluding hydrogens is 376 g/mol. The number of carbonyl (C=O) groups excluding carboxylic acids is 1. The van der Waals surface area contributed by atoms with Gasteiger partial charge in [0.2, 0.25) is 0 Å². The zero-order valence-corrected chi connectivity index (χ0v) is 16.9. The number of amides is 1.